The lowest BCUT2D eigenvalue weighted by Gasteiger charge is -2.37. The zero-order valence-corrected chi connectivity index (χ0v) is 22.3. The molecule has 1 aromatic carbocycles. The molecule has 2 atom stereocenters. The lowest BCUT2D eigenvalue weighted by Crippen LogP contribution is -2.45. The third-order valence-electron chi connectivity index (χ3n) is 8.14. The second-order valence-corrected chi connectivity index (χ2v) is 11.1. The van der Waals surface area contributed by atoms with Crippen molar-refractivity contribution >= 4 is 23.9 Å². The summed E-state index contributed by atoms with van der Waals surface area (Å²) in [4.78, 5) is 22.3. The van der Waals surface area contributed by atoms with E-state index in [1.54, 1.807) is 18.2 Å². The smallest absolute Gasteiger partial charge is 0.324 e. The summed E-state index contributed by atoms with van der Waals surface area (Å²) < 4.78 is 18.1. The summed E-state index contributed by atoms with van der Waals surface area (Å²) in [5.74, 6) is 1.74. The number of hydrogen-bond acceptors (Lipinski definition) is 9. The van der Waals surface area contributed by atoms with Crippen LogP contribution in [0.25, 0.3) is 22.8 Å². The van der Waals surface area contributed by atoms with Gasteiger partial charge in [-0.25, -0.2) is 4.98 Å². The zero-order chi connectivity index (χ0) is 26.5. The van der Waals surface area contributed by atoms with Crippen molar-refractivity contribution in [3.05, 3.63) is 64.0 Å². The van der Waals surface area contributed by atoms with E-state index in [2.05, 4.69) is 25.2 Å². The van der Waals surface area contributed by atoms with Crippen molar-refractivity contribution in [2.24, 2.45) is 0 Å². The third-order valence-corrected chi connectivity index (χ3v) is 8.45. The number of carbonyl (C=O) groups is 1. The lowest BCUT2D eigenvalue weighted by molar-refractivity contribution is 0.0138. The van der Waals surface area contributed by atoms with Crippen molar-refractivity contribution in [2.75, 3.05) is 4.90 Å². The Morgan fingerprint density at radius 3 is 2.56 bits per heavy atom. The average molecular weight is 546 g/mol. The van der Waals surface area contributed by atoms with Crippen molar-refractivity contribution in [1.29, 1.82) is 0 Å². The number of piperidine rings is 1. The van der Waals surface area contributed by atoms with Crippen LogP contribution in [0.1, 0.15) is 71.8 Å². The van der Waals surface area contributed by atoms with E-state index in [0.29, 0.717) is 47.1 Å². The minimum absolute atomic E-state index is 0.106. The number of nitrogens with zero attached hydrogens (tertiary/aromatic N) is 5. The Labute approximate surface area is 230 Å². The number of fused-ring (bicyclic) bond motifs is 2. The minimum Gasteiger partial charge on any atom is -0.373 e. The molecule has 2 saturated heterocycles. The number of aldehydes is 1. The average Bonchev–Trinajstić information content (AvgIpc) is 3.41. The van der Waals surface area contributed by atoms with E-state index < -0.39 is 0 Å². The fourth-order valence-electron chi connectivity index (χ4n) is 6.10. The molecule has 1 saturated carbocycles. The molecule has 3 fully saturated rings. The van der Waals surface area contributed by atoms with Crippen molar-refractivity contribution in [1.82, 2.24) is 20.3 Å². The molecule has 0 radical (unpaired) electrons. The van der Waals surface area contributed by atoms with Crippen molar-refractivity contribution in [2.45, 2.75) is 76.2 Å². The zero-order valence-electron chi connectivity index (χ0n) is 21.5. The molecule has 0 N–H and O–H groups in total. The van der Waals surface area contributed by atoms with E-state index in [1.165, 1.54) is 0 Å². The minimum atomic E-state index is 0.106. The Kier molecular flexibility index (Phi) is 6.20. The number of benzene rings is 1. The molecule has 2 aliphatic heterocycles. The van der Waals surface area contributed by atoms with Gasteiger partial charge in [0.15, 0.2) is 6.29 Å². The monoisotopic (exact) mass is 545 g/mol. The Morgan fingerprint density at radius 1 is 1.03 bits per heavy atom. The number of aromatic nitrogens is 4. The molecular weight excluding hydrogens is 518 g/mol. The highest BCUT2D eigenvalue weighted by Gasteiger charge is 2.44. The Balaban J connectivity index is 1.08. The maximum Gasteiger partial charge on any atom is 0.324 e. The van der Waals surface area contributed by atoms with E-state index >= 15 is 0 Å². The summed E-state index contributed by atoms with van der Waals surface area (Å²) in [6.07, 6.45) is 6.89. The van der Waals surface area contributed by atoms with Crippen LogP contribution in [-0.2, 0) is 11.3 Å². The van der Waals surface area contributed by atoms with Crippen LogP contribution >= 0.6 is 11.6 Å². The highest BCUT2D eigenvalue weighted by molar-refractivity contribution is 6.33. The molecule has 200 valence electrons. The molecule has 3 aromatic heterocycles. The number of hydrogen-bond donors (Lipinski definition) is 0. The predicted molar refractivity (Wildman–Crippen MR) is 144 cm³/mol. The molecule has 7 rings (SSSR count). The molecule has 10 heteroatoms. The van der Waals surface area contributed by atoms with Crippen molar-refractivity contribution < 1.29 is 18.6 Å². The standard InChI is InChI=1S/C29H28ClN5O4/c1-16-4-2-6-23(30)25(16)26-22(27(38-33-26)17-8-9-17)15-37-21-12-19-10-11-20(13-21)35(19)29-32-28(34-39-29)24-7-3-5-18(14-36)31-24/h2-7,14,17,19-21H,8-13,15H2,1H3. The normalized spacial score (nSPS) is 22.4. The Morgan fingerprint density at radius 2 is 1.82 bits per heavy atom. The quantitative estimate of drug-likeness (QED) is 0.241. The van der Waals surface area contributed by atoms with Gasteiger partial charge in [0, 0.05) is 29.1 Å². The summed E-state index contributed by atoms with van der Waals surface area (Å²) in [7, 11) is 0. The highest BCUT2D eigenvalue weighted by Crippen LogP contribution is 2.46. The van der Waals surface area contributed by atoms with Crippen LogP contribution in [0.4, 0.5) is 6.01 Å². The van der Waals surface area contributed by atoms with Gasteiger partial charge in [-0.2, -0.15) is 4.98 Å². The van der Waals surface area contributed by atoms with Gasteiger partial charge in [0.05, 0.1) is 17.7 Å². The fourth-order valence-corrected chi connectivity index (χ4v) is 6.41. The first kappa shape index (κ1) is 24.5. The first-order valence-corrected chi connectivity index (χ1v) is 13.9. The van der Waals surface area contributed by atoms with Gasteiger partial charge >= 0.3 is 6.01 Å². The van der Waals surface area contributed by atoms with Gasteiger partial charge in [-0.3, -0.25) is 4.79 Å². The predicted octanol–water partition coefficient (Wildman–Crippen LogP) is 6.15. The van der Waals surface area contributed by atoms with Crippen LogP contribution in [0.3, 0.4) is 0 Å². The second-order valence-electron chi connectivity index (χ2n) is 10.7. The van der Waals surface area contributed by atoms with Gasteiger partial charge < -0.3 is 18.7 Å². The molecule has 9 nitrogen and oxygen atoms in total. The maximum absolute atomic E-state index is 11.1. The molecule has 0 amide bonds. The molecule has 39 heavy (non-hydrogen) atoms. The van der Waals surface area contributed by atoms with Crippen LogP contribution in [0.2, 0.25) is 5.02 Å². The van der Waals surface area contributed by atoms with Crippen LogP contribution in [0.5, 0.6) is 0 Å². The van der Waals surface area contributed by atoms with Gasteiger partial charge in [-0.05, 0) is 69.2 Å². The van der Waals surface area contributed by atoms with Crippen LogP contribution in [-0.4, -0.2) is 44.8 Å². The van der Waals surface area contributed by atoms with E-state index in [1.807, 2.05) is 25.1 Å². The summed E-state index contributed by atoms with van der Waals surface area (Å²) >= 11 is 6.60. The molecule has 2 bridgehead atoms. The van der Waals surface area contributed by atoms with Crippen LogP contribution < -0.4 is 4.90 Å². The molecular formula is C29H28ClN5O4. The van der Waals surface area contributed by atoms with E-state index in [4.69, 9.17) is 25.4 Å². The van der Waals surface area contributed by atoms with Gasteiger partial charge in [-0.1, -0.05) is 40.1 Å². The molecule has 1 aliphatic carbocycles. The number of rotatable bonds is 8. The molecule has 2 unspecified atom stereocenters. The molecule has 5 heterocycles. The van der Waals surface area contributed by atoms with Crippen molar-refractivity contribution in [3.8, 4) is 22.8 Å². The number of ether oxygens (including phenoxy) is 1. The molecule has 0 spiro atoms. The summed E-state index contributed by atoms with van der Waals surface area (Å²) in [6.45, 7) is 2.49. The summed E-state index contributed by atoms with van der Waals surface area (Å²) in [6, 6.07) is 12.1. The Bertz CT molecular complexity index is 1500. The fraction of sp³-hybridized carbons (Fsp3) is 0.414. The second kappa shape index (κ2) is 9.88. The number of aryl methyl sites for hydroxylation is 1. The molecule has 3 aliphatic rings. The van der Waals surface area contributed by atoms with Gasteiger partial charge in [0.25, 0.3) is 0 Å². The number of pyridine rings is 1. The van der Waals surface area contributed by atoms with Gasteiger partial charge in [-0.15, -0.1) is 0 Å². The highest BCUT2D eigenvalue weighted by atomic mass is 35.5. The van der Waals surface area contributed by atoms with Gasteiger partial charge in [0.1, 0.15) is 22.8 Å². The van der Waals surface area contributed by atoms with Crippen LogP contribution in [0, 0.1) is 6.92 Å². The largest absolute Gasteiger partial charge is 0.373 e. The maximum atomic E-state index is 11.1. The first-order chi connectivity index (χ1) is 19.1. The number of halogens is 1. The lowest BCUT2D eigenvalue weighted by atomic mass is 9.99. The summed E-state index contributed by atoms with van der Waals surface area (Å²) in [5, 5.41) is 9.28. The molecule has 4 aromatic rings. The number of carbonyl (C=O) groups excluding carboxylic acids is 1. The topological polar surface area (TPSA) is 107 Å². The van der Waals surface area contributed by atoms with E-state index in [0.717, 1.165) is 66.7 Å². The first-order valence-electron chi connectivity index (χ1n) is 13.5. The third kappa shape index (κ3) is 4.53. The SMILES string of the molecule is Cc1cccc(Cl)c1-c1noc(C2CC2)c1COC1CC2CCC(C1)N2c1nc(-c2cccc(C=O)n2)no1. The van der Waals surface area contributed by atoms with E-state index in [-0.39, 0.29) is 18.2 Å². The van der Waals surface area contributed by atoms with Gasteiger partial charge in [0.2, 0.25) is 5.82 Å². The summed E-state index contributed by atoms with van der Waals surface area (Å²) in [5.41, 5.74) is 4.66. The number of anilines is 1. The Hall–Kier alpha value is -3.56. The van der Waals surface area contributed by atoms with Crippen LogP contribution in [0.15, 0.2) is 45.4 Å². The van der Waals surface area contributed by atoms with E-state index in [9.17, 15) is 4.79 Å². The van der Waals surface area contributed by atoms with Crippen molar-refractivity contribution in [3.63, 3.8) is 0 Å².